The van der Waals surface area contributed by atoms with Crippen LogP contribution in [0.2, 0.25) is 0 Å². The van der Waals surface area contributed by atoms with E-state index in [1.807, 2.05) is 35.6 Å². The van der Waals surface area contributed by atoms with Crippen LogP contribution in [0.25, 0.3) is 0 Å². The number of carbonyl (C=O) groups is 3. The number of hydrogen-bond acceptors (Lipinski definition) is 7. The highest BCUT2D eigenvalue weighted by Gasteiger charge is 2.31. The van der Waals surface area contributed by atoms with Crippen molar-refractivity contribution >= 4 is 33.8 Å². The number of imide groups is 1. The molecule has 11 heteroatoms. The summed E-state index contributed by atoms with van der Waals surface area (Å²) in [6.07, 6.45) is 0. The minimum Gasteiger partial charge on any atom is -0.454 e. The van der Waals surface area contributed by atoms with Crippen LogP contribution >= 0.6 is 0 Å². The van der Waals surface area contributed by atoms with Gasteiger partial charge in [-0.15, -0.1) is 0 Å². The molecule has 0 saturated heterocycles. The number of urea groups is 1. The van der Waals surface area contributed by atoms with E-state index in [2.05, 4.69) is 15.0 Å². The van der Waals surface area contributed by atoms with Gasteiger partial charge in [-0.25, -0.2) is 18.0 Å². The molecule has 3 rings (SSSR count). The van der Waals surface area contributed by atoms with E-state index in [0.29, 0.717) is 5.56 Å². The van der Waals surface area contributed by atoms with Crippen LogP contribution in [0.5, 0.6) is 0 Å². The molecule has 1 aliphatic rings. The first-order chi connectivity index (χ1) is 14.8. The van der Waals surface area contributed by atoms with Gasteiger partial charge >= 0.3 is 12.0 Å². The summed E-state index contributed by atoms with van der Waals surface area (Å²) >= 11 is 0. The van der Waals surface area contributed by atoms with Crippen molar-refractivity contribution in [2.75, 3.05) is 6.61 Å². The number of nitrogens with one attached hydrogen (secondary N) is 3. The Kier molecular flexibility index (Phi) is 6.65. The van der Waals surface area contributed by atoms with Gasteiger partial charge in [0.1, 0.15) is 11.9 Å². The van der Waals surface area contributed by atoms with E-state index in [-0.39, 0.29) is 17.3 Å². The van der Waals surface area contributed by atoms with Crippen LogP contribution in [0.15, 0.2) is 64.5 Å². The normalized spacial score (nSPS) is 16.0. The van der Waals surface area contributed by atoms with Gasteiger partial charge in [0.15, 0.2) is 6.61 Å². The number of amidine groups is 1. The maximum absolute atomic E-state index is 12.1. The number of aliphatic imine (C=N–C) groups is 1. The van der Waals surface area contributed by atoms with Crippen LogP contribution in [0.4, 0.5) is 4.79 Å². The van der Waals surface area contributed by atoms with Crippen LogP contribution in [0.3, 0.4) is 0 Å². The number of rotatable bonds is 6. The predicted octanol–water partition coefficient (Wildman–Crippen LogP) is 0.683. The third-order valence-corrected chi connectivity index (χ3v) is 5.62. The molecule has 0 bridgehead atoms. The van der Waals surface area contributed by atoms with Gasteiger partial charge < -0.3 is 10.1 Å². The first-order valence-corrected chi connectivity index (χ1v) is 10.7. The van der Waals surface area contributed by atoms with Crippen molar-refractivity contribution in [3.63, 3.8) is 0 Å². The van der Waals surface area contributed by atoms with E-state index in [0.717, 1.165) is 5.56 Å². The third-order valence-electron chi connectivity index (χ3n) is 4.22. The summed E-state index contributed by atoms with van der Waals surface area (Å²) < 4.78 is 31.3. The third kappa shape index (κ3) is 5.66. The molecular formula is C20H20N4O6S. The topological polar surface area (TPSA) is 143 Å². The zero-order valence-electron chi connectivity index (χ0n) is 16.5. The Labute approximate surface area is 178 Å². The fraction of sp³-hybridized carbons (Fsp3) is 0.200. The molecule has 10 nitrogen and oxygen atoms in total. The maximum Gasteiger partial charge on any atom is 0.331 e. The number of benzene rings is 2. The van der Waals surface area contributed by atoms with E-state index in [1.54, 1.807) is 18.2 Å². The zero-order chi connectivity index (χ0) is 22.4. The monoisotopic (exact) mass is 444 g/mol. The van der Waals surface area contributed by atoms with E-state index in [4.69, 9.17) is 4.74 Å². The minimum atomic E-state index is -3.73. The highest BCUT2D eigenvalue weighted by atomic mass is 32.2. The van der Waals surface area contributed by atoms with Crippen molar-refractivity contribution in [2.24, 2.45) is 4.99 Å². The lowest BCUT2D eigenvalue weighted by molar-refractivity contribution is -0.149. The average molecular weight is 444 g/mol. The highest BCUT2D eigenvalue weighted by Crippen LogP contribution is 2.22. The molecule has 1 unspecified atom stereocenters. The average Bonchev–Trinajstić information content (AvgIpc) is 3.01. The lowest BCUT2D eigenvalue weighted by atomic mass is 10.2. The number of amides is 3. The van der Waals surface area contributed by atoms with Gasteiger partial charge in [0, 0.05) is 12.1 Å². The molecule has 162 valence electrons. The largest absolute Gasteiger partial charge is 0.454 e. The van der Waals surface area contributed by atoms with Crippen LogP contribution in [-0.2, 0) is 30.9 Å². The van der Waals surface area contributed by atoms with Gasteiger partial charge in [0.05, 0.1) is 4.90 Å². The number of nitrogens with zero attached hydrogens (tertiary/aromatic N) is 1. The fourth-order valence-corrected chi connectivity index (χ4v) is 3.96. The standard InChI is InChI=1S/C20H20N4O6S/c1-13(22-18-15-9-5-6-10-16(15)31(28,29)24-18)19(26)30-12-17(25)23-20(27)21-11-14-7-3-2-4-8-14/h2-10,13H,11-12H2,1H3,(H,22,24)(H2,21,23,25,27). The Hall–Kier alpha value is -3.73. The van der Waals surface area contributed by atoms with E-state index >= 15 is 0 Å². The Bertz CT molecular complexity index is 1130. The summed E-state index contributed by atoms with van der Waals surface area (Å²) in [5, 5.41) is 4.55. The fourth-order valence-electron chi connectivity index (χ4n) is 2.72. The predicted molar refractivity (Wildman–Crippen MR) is 111 cm³/mol. The zero-order valence-corrected chi connectivity index (χ0v) is 17.3. The maximum atomic E-state index is 12.1. The quantitative estimate of drug-likeness (QED) is 0.559. The molecule has 31 heavy (non-hydrogen) atoms. The van der Waals surface area contributed by atoms with E-state index in [9.17, 15) is 22.8 Å². The Morgan fingerprint density at radius 3 is 2.48 bits per heavy atom. The van der Waals surface area contributed by atoms with Gasteiger partial charge in [-0.2, -0.15) is 0 Å². The van der Waals surface area contributed by atoms with E-state index in [1.165, 1.54) is 13.0 Å². The summed E-state index contributed by atoms with van der Waals surface area (Å²) in [4.78, 5) is 39.8. The summed E-state index contributed by atoms with van der Waals surface area (Å²) in [6.45, 7) is 0.940. The molecule has 2 aromatic rings. The summed E-state index contributed by atoms with van der Waals surface area (Å²) in [5.41, 5.74) is 1.20. The second-order valence-corrected chi connectivity index (χ2v) is 8.23. The van der Waals surface area contributed by atoms with Crippen LogP contribution < -0.4 is 15.4 Å². The minimum absolute atomic E-state index is 0.0183. The van der Waals surface area contributed by atoms with Crippen molar-refractivity contribution < 1.29 is 27.5 Å². The number of fused-ring (bicyclic) bond motifs is 1. The molecule has 0 saturated carbocycles. The molecule has 0 radical (unpaired) electrons. The molecule has 0 fully saturated rings. The molecular weight excluding hydrogens is 424 g/mol. The van der Waals surface area contributed by atoms with Crippen molar-refractivity contribution in [1.82, 2.24) is 15.4 Å². The number of sulfonamides is 1. The number of ether oxygens (including phenoxy) is 1. The van der Waals surface area contributed by atoms with Crippen molar-refractivity contribution in [3.8, 4) is 0 Å². The Balaban J connectivity index is 1.48. The van der Waals surface area contributed by atoms with Crippen molar-refractivity contribution in [3.05, 3.63) is 65.7 Å². The van der Waals surface area contributed by atoms with Gasteiger partial charge in [-0.05, 0) is 24.6 Å². The van der Waals surface area contributed by atoms with Crippen LogP contribution in [0.1, 0.15) is 18.1 Å². The SMILES string of the molecule is CC(N=C1NS(=O)(=O)c2ccccc21)C(=O)OCC(=O)NC(=O)NCc1ccccc1. The molecule has 3 N–H and O–H groups in total. The first kappa shape index (κ1) is 22.0. The molecule has 0 aromatic heterocycles. The van der Waals surface area contributed by atoms with Gasteiger partial charge in [0.2, 0.25) is 0 Å². The van der Waals surface area contributed by atoms with Gasteiger partial charge in [-0.1, -0.05) is 42.5 Å². The number of hydrogen-bond donors (Lipinski definition) is 3. The molecule has 0 spiro atoms. The highest BCUT2D eigenvalue weighted by molar-refractivity contribution is 7.90. The molecule has 3 amide bonds. The Morgan fingerprint density at radius 1 is 1.06 bits per heavy atom. The summed E-state index contributed by atoms with van der Waals surface area (Å²) in [5.74, 6) is -1.65. The second kappa shape index (κ2) is 9.39. The van der Waals surface area contributed by atoms with Gasteiger partial charge in [0.25, 0.3) is 15.9 Å². The Morgan fingerprint density at radius 2 is 1.74 bits per heavy atom. The van der Waals surface area contributed by atoms with E-state index < -0.39 is 40.6 Å². The molecule has 1 aliphatic heterocycles. The first-order valence-electron chi connectivity index (χ1n) is 9.24. The van der Waals surface area contributed by atoms with Crippen LogP contribution in [0, 0.1) is 0 Å². The summed E-state index contributed by atoms with van der Waals surface area (Å²) in [7, 11) is -3.73. The number of carbonyl (C=O) groups excluding carboxylic acids is 3. The van der Waals surface area contributed by atoms with Crippen molar-refractivity contribution in [2.45, 2.75) is 24.4 Å². The lowest BCUT2D eigenvalue weighted by Crippen LogP contribution is -2.41. The molecule has 2 aromatic carbocycles. The molecule has 1 heterocycles. The lowest BCUT2D eigenvalue weighted by Gasteiger charge is -2.10. The number of esters is 1. The molecule has 1 atom stereocenters. The molecule has 0 aliphatic carbocycles. The summed E-state index contributed by atoms with van der Waals surface area (Å²) in [6, 6.07) is 13.5. The van der Waals surface area contributed by atoms with Crippen molar-refractivity contribution in [1.29, 1.82) is 0 Å². The smallest absolute Gasteiger partial charge is 0.331 e. The second-order valence-electron chi connectivity index (χ2n) is 6.58. The van der Waals surface area contributed by atoms with Crippen LogP contribution in [-0.4, -0.2) is 44.8 Å². The van der Waals surface area contributed by atoms with Gasteiger partial charge in [-0.3, -0.25) is 19.8 Å².